The highest BCUT2D eigenvalue weighted by molar-refractivity contribution is 5.84. The molecule has 0 spiro atoms. The molecule has 1 aliphatic rings. The van der Waals surface area contributed by atoms with Crippen molar-refractivity contribution in [2.75, 3.05) is 85.8 Å². The van der Waals surface area contributed by atoms with Gasteiger partial charge in [-0.3, -0.25) is 38.9 Å². The highest BCUT2D eigenvalue weighted by Crippen LogP contribution is 2.14. The lowest BCUT2D eigenvalue weighted by Gasteiger charge is -2.20. The van der Waals surface area contributed by atoms with Crippen LogP contribution in [0.15, 0.2) is 0 Å². The lowest BCUT2D eigenvalue weighted by Crippen LogP contribution is -2.46. The van der Waals surface area contributed by atoms with E-state index >= 15 is 0 Å². The van der Waals surface area contributed by atoms with Crippen LogP contribution in [-0.4, -0.2) is 179 Å². The number of amides is 5. The fourth-order valence-electron chi connectivity index (χ4n) is 7.99. The summed E-state index contributed by atoms with van der Waals surface area (Å²) in [6.07, 6.45) is 20.5. The number of carboxylic acids is 2. The molecule has 11 N–H and O–H groups in total. The van der Waals surface area contributed by atoms with Gasteiger partial charge in [0.05, 0.1) is 39.6 Å². The van der Waals surface area contributed by atoms with Gasteiger partial charge in [-0.2, -0.15) is 5.48 Å². The molecule has 4 atom stereocenters. The van der Waals surface area contributed by atoms with Crippen molar-refractivity contribution in [1.29, 1.82) is 0 Å². The largest absolute Gasteiger partial charge is 0.480 e. The fourth-order valence-corrected chi connectivity index (χ4v) is 7.99. The molecule has 1 saturated heterocycles. The highest BCUT2D eigenvalue weighted by atomic mass is 16.7. The van der Waals surface area contributed by atoms with Gasteiger partial charge in [-0.05, 0) is 57.8 Å². The molecule has 0 aromatic carbocycles. The number of hydrogen-bond donors (Lipinski definition) is 11. The van der Waals surface area contributed by atoms with Gasteiger partial charge in [0.25, 0.3) is 0 Å². The number of carboxylic acid groups (broad SMARTS) is 2. The summed E-state index contributed by atoms with van der Waals surface area (Å²) in [5.41, 5.74) is 4.13. The molecule has 0 aliphatic carbocycles. The van der Waals surface area contributed by atoms with Crippen molar-refractivity contribution >= 4 is 53.4 Å². The molecule has 1 aliphatic heterocycles. The Morgan fingerprint density at radius 1 is 0.608 bits per heavy atom. The monoisotopic (exact) mass is 1130 g/mol. The maximum atomic E-state index is 12.7. The van der Waals surface area contributed by atoms with Gasteiger partial charge < -0.3 is 70.5 Å². The van der Waals surface area contributed by atoms with E-state index in [0.29, 0.717) is 38.6 Å². The van der Waals surface area contributed by atoms with Crippen LogP contribution >= 0.6 is 0 Å². The van der Waals surface area contributed by atoms with Crippen molar-refractivity contribution in [2.24, 2.45) is 0 Å². The van der Waals surface area contributed by atoms with Crippen LogP contribution in [0.1, 0.15) is 174 Å². The minimum Gasteiger partial charge on any atom is -0.480 e. The fraction of sp³-hybridized carbons (Fsp3) is 0.830. The zero-order chi connectivity index (χ0) is 58.0. The van der Waals surface area contributed by atoms with Crippen LogP contribution in [0, 0.1) is 0 Å². The van der Waals surface area contributed by atoms with Crippen molar-refractivity contribution < 1.29 is 87.1 Å². The number of hydrogen-bond acceptors (Lipinski definition) is 19. The first-order valence-electron chi connectivity index (χ1n) is 28.7. The number of unbranched alkanes of at least 4 members (excludes halogenated alkanes) is 15. The van der Waals surface area contributed by atoms with Gasteiger partial charge in [0.15, 0.2) is 0 Å². The number of esters is 1. The Hall–Kier alpha value is -5.09. The van der Waals surface area contributed by atoms with E-state index in [0.717, 1.165) is 19.3 Å². The summed E-state index contributed by atoms with van der Waals surface area (Å²) in [4.78, 5) is 114. The third-order valence-electron chi connectivity index (χ3n) is 12.7. The van der Waals surface area contributed by atoms with Crippen LogP contribution < -0.4 is 42.9 Å². The third kappa shape index (κ3) is 42.5. The molecule has 0 radical (unpaired) electrons. The molecule has 1 rings (SSSR count). The van der Waals surface area contributed by atoms with E-state index < -0.39 is 54.8 Å². The lowest BCUT2D eigenvalue weighted by atomic mass is 10.0. The van der Waals surface area contributed by atoms with E-state index in [-0.39, 0.29) is 147 Å². The molecule has 26 nitrogen and oxygen atoms in total. The second-order valence-electron chi connectivity index (χ2n) is 19.4. The van der Waals surface area contributed by atoms with Crippen LogP contribution in [0.4, 0.5) is 0 Å². The molecule has 1 fully saturated rings. The van der Waals surface area contributed by atoms with Crippen LogP contribution in [0.5, 0.6) is 0 Å². The topological polar surface area (TPSA) is 366 Å². The smallest absolute Gasteiger partial charge is 0.341 e. The predicted molar refractivity (Wildman–Crippen MR) is 288 cm³/mol. The molecule has 79 heavy (non-hydrogen) atoms. The van der Waals surface area contributed by atoms with Gasteiger partial charge in [0.2, 0.25) is 29.5 Å². The number of nitrogens with one attached hydrogen (secondary N) is 8. The van der Waals surface area contributed by atoms with Gasteiger partial charge in [-0.1, -0.05) is 96.8 Å². The van der Waals surface area contributed by atoms with E-state index in [2.05, 4.69) is 44.3 Å². The Labute approximate surface area is 466 Å². The summed E-state index contributed by atoms with van der Waals surface area (Å²) < 4.78 is 26.6. The Bertz CT molecular complexity index is 1700. The Balaban J connectivity index is 2.02. The number of carbonyl (C=O) groups excluding carboxylic acids is 7. The molecule has 1 heterocycles. The van der Waals surface area contributed by atoms with E-state index in [1.54, 1.807) is 0 Å². The molecule has 0 bridgehead atoms. The van der Waals surface area contributed by atoms with Crippen molar-refractivity contribution in [3.05, 3.63) is 0 Å². The van der Waals surface area contributed by atoms with E-state index in [1.807, 2.05) is 5.48 Å². The molecule has 0 aromatic rings. The number of rotatable bonds is 48. The van der Waals surface area contributed by atoms with Crippen LogP contribution in [0.2, 0.25) is 0 Å². The standard InChI is InChI=1S/C53H96N8O18/c1-2-3-4-5-6-7-8-9-10-11-12-13-14-15-16-23-47(64)59-41(50(67)68)24-26-46(63)56-30-32-74-34-37-77-39-49(66)57-31-33-75-35-36-76-38-48(65)55-29-20-18-22-44(60-73)52(71)78-40-58-43-25-27-45(62)54-28-19-17-21-42(51(69)70)61-79-53(43)72/h41-44,58,60-61,73H,2-40H2,1H3,(H,54,62)(H,55,65)(H,56,63)(H,57,66)(H,59,64)(H,67,68)(H,69,70)/t41?,42-,43?,44?/m0/s1. The summed E-state index contributed by atoms with van der Waals surface area (Å²) >= 11 is 0. The Kier molecular flexibility index (Phi) is 45.4. The SMILES string of the molecule is CCCCCCCCCCCCCCCCCC(=O)NC(CCC(=O)NCCOCCOCC(=O)NCCOCCOCC(=O)NCCCCC(NO)C(=O)OCNC1CCC(=O)NCCCC[C@@H](C(=O)O)NOC1=O)C(=O)O. The summed E-state index contributed by atoms with van der Waals surface area (Å²) in [5.74, 6) is -5.86. The summed E-state index contributed by atoms with van der Waals surface area (Å²) in [5, 5.41) is 44.3. The first-order chi connectivity index (χ1) is 38.3. The molecular formula is C53H96N8O18. The molecular weight excluding hydrogens is 1040 g/mol. The maximum absolute atomic E-state index is 12.7. The zero-order valence-corrected chi connectivity index (χ0v) is 46.9. The molecule has 3 unspecified atom stereocenters. The van der Waals surface area contributed by atoms with E-state index in [1.165, 1.54) is 70.6 Å². The van der Waals surface area contributed by atoms with Crippen molar-refractivity contribution in [3.63, 3.8) is 0 Å². The van der Waals surface area contributed by atoms with Gasteiger partial charge >= 0.3 is 23.9 Å². The molecule has 0 saturated carbocycles. The van der Waals surface area contributed by atoms with E-state index in [4.69, 9.17) is 28.5 Å². The molecule has 5 amide bonds. The summed E-state index contributed by atoms with van der Waals surface area (Å²) in [6, 6.07) is -4.53. The van der Waals surface area contributed by atoms with E-state index in [9.17, 15) is 58.6 Å². The van der Waals surface area contributed by atoms with Gasteiger partial charge in [-0.15, -0.1) is 5.48 Å². The average Bonchev–Trinajstić information content (AvgIpc) is 3.43. The second kappa shape index (κ2) is 49.9. The lowest BCUT2D eigenvalue weighted by molar-refractivity contribution is -0.162. The number of carbonyl (C=O) groups is 9. The number of hydroxylamine groups is 2. The first kappa shape index (κ1) is 71.9. The number of ether oxygens (including phenoxy) is 5. The Morgan fingerprint density at radius 3 is 1.73 bits per heavy atom. The average molecular weight is 1130 g/mol. The minimum atomic E-state index is -1.21. The third-order valence-corrected chi connectivity index (χ3v) is 12.7. The van der Waals surface area contributed by atoms with Gasteiger partial charge in [0, 0.05) is 45.4 Å². The maximum Gasteiger partial charge on any atom is 0.341 e. The van der Waals surface area contributed by atoms with Crippen LogP contribution in [-0.2, 0) is 71.7 Å². The predicted octanol–water partition coefficient (Wildman–Crippen LogP) is 2.57. The zero-order valence-electron chi connectivity index (χ0n) is 46.9. The van der Waals surface area contributed by atoms with Crippen molar-refractivity contribution in [1.82, 2.24) is 42.9 Å². The van der Waals surface area contributed by atoms with Crippen LogP contribution in [0.25, 0.3) is 0 Å². The quantitative estimate of drug-likeness (QED) is 0.0180. The molecule has 0 aromatic heterocycles. The van der Waals surface area contributed by atoms with Crippen molar-refractivity contribution in [2.45, 2.75) is 198 Å². The van der Waals surface area contributed by atoms with Gasteiger partial charge in [-0.25, -0.2) is 9.59 Å². The first-order valence-corrected chi connectivity index (χ1v) is 28.7. The Morgan fingerprint density at radius 2 is 1.16 bits per heavy atom. The second-order valence-corrected chi connectivity index (χ2v) is 19.4. The molecule has 26 heteroatoms. The normalized spacial score (nSPS) is 15.9. The summed E-state index contributed by atoms with van der Waals surface area (Å²) in [6.45, 7) is 3.33. The molecule has 456 valence electrons. The number of aliphatic carboxylic acids is 2. The minimum absolute atomic E-state index is 0.0309. The van der Waals surface area contributed by atoms with Crippen molar-refractivity contribution in [3.8, 4) is 0 Å². The highest BCUT2D eigenvalue weighted by Gasteiger charge is 2.27. The summed E-state index contributed by atoms with van der Waals surface area (Å²) in [7, 11) is 0. The van der Waals surface area contributed by atoms with Crippen LogP contribution in [0.3, 0.4) is 0 Å². The van der Waals surface area contributed by atoms with Gasteiger partial charge in [0.1, 0.15) is 44.1 Å².